The van der Waals surface area contributed by atoms with Crippen LogP contribution in [-0.4, -0.2) is 127 Å². The van der Waals surface area contributed by atoms with Crippen molar-refractivity contribution >= 4 is 29.7 Å². The number of phosphoric ester groups is 2. The molecule has 6 heterocycles. The third-order valence-corrected chi connectivity index (χ3v) is 11.3. The van der Waals surface area contributed by atoms with E-state index in [0.717, 1.165) is 33.7 Å². The van der Waals surface area contributed by atoms with Crippen molar-refractivity contribution in [2.24, 2.45) is 0 Å². The Balaban J connectivity index is 1.16. The van der Waals surface area contributed by atoms with E-state index < -0.39 is 139 Å². The van der Waals surface area contributed by atoms with E-state index in [0.29, 0.717) is 4.57 Å². The van der Waals surface area contributed by atoms with Crippen LogP contribution in [0.1, 0.15) is 25.1 Å². The summed E-state index contributed by atoms with van der Waals surface area (Å²) >= 11 is 0. The van der Waals surface area contributed by atoms with Gasteiger partial charge in [0.1, 0.15) is 67.5 Å². The first kappa shape index (κ1) is 44.6. The number of nitrogens with two attached hydrogens (primary N) is 1. The number of H-pyrrole nitrogens is 2. The van der Waals surface area contributed by atoms with Crippen molar-refractivity contribution in [3.05, 3.63) is 89.0 Å². The molecule has 29 nitrogen and oxygen atoms in total. The van der Waals surface area contributed by atoms with Crippen molar-refractivity contribution in [1.82, 2.24) is 28.7 Å². The Kier molecular flexibility index (Phi) is 13.6. The molecule has 3 unspecified atom stereocenters. The van der Waals surface area contributed by atoms with Crippen LogP contribution in [0.2, 0.25) is 0 Å². The zero-order chi connectivity index (χ0) is 43.0. The van der Waals surface area contributed by atoms with Crippen LogP contribution in [0.15, 0.2) is 60.8 Å². The van der Waals surface area contributed by atoms with Crippen molar-refractivity contribution in [2.45, 2.75) is 73.9 Å². The normalized spacial score (nSPS) is 31.8. The lowest BCUT2D eigenvalue weighted by atomic mass is 10.1. The third kappa shape index (κ3) is 10.5. The van der Waals surface area contributed by atoms with E-state index in [9.17, 15) is 62.8 Å². The van der Waals surface area contributed by atoms with Crippen molar-refractivity contribution in [1.29, 1.82) is 0 Å². The number of nitrogens with zero attached hydrogens (tertiary/aromatic N) is 4. The van der Waals surface area contributed by atoms with Gasteiger partial charge in [-0.1, -0.05) is 0 Å². The smallest absolute Gasteiger partial charge is 0.387 e. The summed E-state index contributed by atoms with van der Waals surface area (Å²) in [5, 5.41) is 32.2. The highest BCUT2D eigenvalue weighted by atomic mass is 31.2. The van der Waals surface area contributed by atoms with E-state index in [4.69, 9.17) is 42.9 Å². The van der Waals surface area contributed by atoms with Gasteiger partial charge in [0.25, 0.3) is 11.1 Å². The number of nitrogen functional groups attached to an aromatic ring is 1. The number of anilines is 1. The Morgan fingerprint density at radius 1 is 0.763 bits per heavy atom. The van der Waals surface area contributed by atoms with Crippen molar-refractivity contribution < 1.29 is 80.5 Å². The first-order valence-electron chi connectivity index (χ1n) is 16.8. The molecule has 0 spiro atoms. The first-order valence-corrected chi connectivity index (χ1v) is 20.9. The van der Waals surface area contributed by atoms with E-state index >= 15 is 0 Å². The van der Waals surface area contributed by atoms with Gasteiger partial charge in [-0.05, 0) is 6.07 Å². The van der Waals surface area contributed by atoms with Gasteiger partial charge in [0, 0.05) is 41.7 Å². The predicted molar refractivity (Wildman–Crippen MR) is 187 cm³/mol. The van der Waals surface area contributed by atoms with Crippen LogP contribution in [-0.2, 0) is 50.5 Å². The minimum absolute atomic E-state index is 0.126. The van der Waals surface area contributed by atoms with Gasteiger partial charge in [0.05, 0.1) is 13.2 Å². The summed E-state index contributed by atoms with van der Waals surface area (Å²) in [6.45, 7) is -2.81. The summed E-state index contributed by atoms with van der Waals surface area (Å²) in [4.78, 5) is 98.2. The second-order valence-electron chi connectivity index (χ2n) is 12.8. The van der Waals surface area contributed by atoms with Crippen LogP contribution in [0.25, 0.3) is 0 Å². The molecule has 0 saturated carbocycles. The standard InChI is InChI=1S/C27H34N7O22P3/c28-15-1-4-32(25(40)29-15)18-7-11(12(52-18)8-49-57(43)44)55-58(45,46)51-10-14-22(21(39)24(54-14)34-6-3-17(36)31-27(34)42)56-59(47,48)50-9-13-19(37)20(38)23(53-13)33-5-2-16(35)30-26(33)41/h1-6,11-14,18-24,37-39H,7-10H2,(H6-,28,29,30,31,35,36,40,41,42,43,44,45,46,47,48)/p+1/t11-,12+,13+,14+,18+,19+,20+,21+,22+,23+,24+/m0/s1. The minimum atomic E-state index is -5.42. The fourth-order valence-electron chi connectivity index (χ4n) is 6.20. The van der Waals surface area contributed by atoms with Gasteiger partial charge >= 0.3 is 41.0 Å². The number of aromatic amines is 2. The number of nitrogens with one attached hydrogen (secondary N) is 2. The van der Waals surface area contributed by atoms with Gasteiger partial charge in [-0.25, -0.2) is 23.5 Å². The fourth-order valence-corrected chi connectivity index (χ4v) is 8.40. The highest BCUT2D eigenvalue weighted by Gasteiger charge is 2.52. The molecule has 3 fully saturated rings. The minimum Gasteiger partial charge on any atom is -0.387 e. The quantitative estimate of drug-likeness (QED) is 0.0615. The van der Waals surface area contributed by atoms with Crippen LogP contribution in [0, 0.1) is 0 Å². The molecule has 3 saturated heterocycles. The molecule has 0 radical (unpaired) electrons. The number of aliphatic hydroxyl groups excluding tert-OH is 3. The zero-order valence-electron chi connectivity index (χ0n) is 29.6. The largest absolute Gasteiger partial charge is 0.694 e. The van der Waals surface area contributed by atoms with E-state index in [2.05, 4.69) is 9.51 Å². The average molecular weight is 903 g/mol. The molecular formula is C27H35N7O22P3+. The van der Waals surface area contributed by atoms with Gasteiger partial charge in [-0.3, -0.25) is 51.4 Å². The molecule has 59 heavy (non-hydrogen) atoms. The summed E-state index contributed by atoms with van der Waals surface area (Å²) in [7, 11) is -13.9. The fraction of sp³-hybridized carbons (Fsp3) is 0.556. The molecule has 3 aromatic heterocycles. The van der Waals surface area contributed by atoms with Crippen LogP contribution < -0.4 is 33.9 Å². The molecule has 0 aromatic carbocycles. The lowest BCUT2D eigenvalue weighted by Gasteiger charge is -2.25. The van der Waals surface area contributed by atoms with Gasteiger partial charge in [-0.15, -0.1) is 9.42 Å². The Labute approximate surface area is 327 Å². The summed E-state index contributed by atoms with van der Waals surface area (Å²) in [6.07, 6.45) is -16.0. The third-order valence-electron chi connectivity index (χ3n) is 8.92. The molecule has 0 amide bonds. The molecule has 14 atom stereocenters. The number of hydrogen-bond acceptors (Lipinski definition) is 21. The van der Waals surface area contributed by atoms with E-state index in [-0.39, 0.29) is 12.2 Å². The topological polar surface area (TPSA) is 417 Å². The van der Waals surface area contributed by atoms with Gasteiger partial charge in [0.15, 0.2) is 12.5 Å². The van der Waals surface area contributed by atoms with E-state index in [1.807, 2.05) is 9.97 Å². The molecule has 0 aliphatic carbocycles. The number of ether oxygens (including phenoxy) is 3. The SMILES string of the molecule is Nc1ccn([C@H]2C[C@H](OP(=O)(O)OC[C@H]3O[C@@H](n4ccc(=O)[nH]c4=O)[C@H](O)[C@@H]3OP(=O)(O)OC[C@H]3O[C@@H](n4ccc(=O)[nH]c4=O)[C@H](O)[C@@H]3O)[C@@H](CO[P+](=O)O)O2)c(=O)n1. The van der Waals surface area contributed by atoms with Gasteiger partial charge in [0.2, 0.25) is 0 Å². The maximum absolute atomic E-state index is 13.3. The van der Waals surface area contributed by atoms with Crippen molar-refractivity contribution in [3.8, 4) is 0 Å². The summed E-state index contributed by atoms with van der Waals surface area (Å²) in [5.41, 5.74) is 0.859. The summed E-state index contributed by atoms with van der Waals surface area (Å²) in [6, 6.07) is 3.04. The molecule has 3 aliphatic heterocycles. The zero-order valence-corrected chi connectivity index (χ0v) is 32.2. The average Bonchev–Trinajstić information content (AvgIpc) is 3.77. The van der Waals surface area contributed by atoms with E-state index in [1.54, 1.807) is 0 Å². The predicted octanol–water partition coefficient (Wildman–Crippen LogP) is -4.24. The van der Waals surface area contributed by atoms with Crippen LogP contribution in [0.5, 0.6) is 0 Å². The summed E-state index contributed by atoms with van der Waals surface area (Å²) in [5.74, 6) is -0.126. The number of aromatic nitrogens is 6. The molecule has 6 rings (SSSR count). The van der Waals surface area contributed by atoms with Crippen molar-refractivity contribution in [3.63, 3.8) is 0 Å². The molecule has 3 aromatic rings. The van der Waals surface area contributed by atoms with Crippen LogP contribution in [0.3, 0.4) is 0 Å². The Morgan fingerprint density at radius 2 is 1.31 bits per heavy atom. The molecule has 0 bridgehead atoms. The molecule has 3 aliphatic rings. The Morgan fingerprint density at radius 3 is 1.88 bits per heavy atom. The number of phosphoric acid groups is 2. The van der Waals surface area contributed by atoms with Crippen molar-refractivity contribution in [2.75, 3.05) is 25.6 Å². The lowest BCUT2D eigenvalue weighted by Crippen LogP contribution is -2.39. The molecule has 10 N–H and O–H groups in total. The van der Waals surface area contributed by atoms with Crippen LogP contribution in [0.4, 0.5) is 5.82 Å². The Bertz CT molecular complexity index is 2420. The van der Waals surface area contributed by atoms with Gasteiger partial charge in [-0.2, -0.15) is 4.98 Å². The molecular weight excluding hydrogens is 867 g/mol. The number of rotatable bonds is 16. The maximum atomic E-state index is 13.3. The highest BCUT2D eigenvalue weighted by molar-refractivity contribution is 7.47. The lowest BCUT2D eigenvalue weighted by molar-refractivity contribution is -0.0638. The Hall–Kier alpha value is -3.96. The van der Waals surface area contributed by atoms with E-state index in [1.165, 1.54) is 12.3 Å². The van der Waals surface area contributed by atoms with Crippen LogP contribution >= 0.6 is 23.9 Å². The first-order chi connectivity index (χ1) is 27.7. The monoisotopic (exact) mass is 902 g/mol. The maximum Gasteiger partial charge on any atom is 0.694 e. The molecule has 32 heteroatoms. The second-order valence-corrected chi connectivity index (χ2v) is 16.4. The highest BCUT2D eigenvalue weighted by Crippen LogP contribution is 2.52. The number of aliphatic hydroxyl groups is 3. The summed E-state index contributed by atoms with van der Waals surface area (Å²) < 4.78 is 81.9. The van der Waals surface area contributed by atoms with Gasteiger partial charge < -0.3 is 45.1 Å². The second kappa shape index (κ2) is 17.9. The molecule has 324 valence electrons. The number of hydrogen-bond donors (Lipinski definition) is 9.